The zero-order valence-electron chi connectivity index (χ0n) is 15.6. The van der Waals surface area contributed by atoms with Crippen molar-refractivity contribution >= 4 is 10.8 Å². The highest BCUT2D eigenvalue weighted by Crippen LogP contribution is 2.39. The second kappa shape index (κ2) is 6.85. The van der Waals surface area contributed by atoms with Crippen LogP contribution in [0, 0.1) is 30.2 Å². The van der Waals surface area contributed by atoms with Crippen LogP contribution in [0.1, 0.15) is 35.2 Å². The molecule has 0 amide bonds. The molecule has 30 heavy (non-hydrogen) atoms. The molecule has 158 valence electrons. The van der Waals surface area contributed by atoms with Crippen molar-refractivity contribution in [2.24, 2.45) is 0 Å². The van der Waals surface area contributed by atoms with Crippen molar-refractivity contribution in [2.45, 2.75) is 38.8 Å². The van der Waals surface area contributed by atoms with Gasteiger partial charge < -0.3 is 0 Å². The Morgan fingerprint density at radius 3 is 2.10 bits per heavy atom. The SMILES string of the molecule is Cc1cccc2c3c(n(-c4c(F)c(F)c(C(F)(F)F)c(F)c4F)c(=O)c12)CCCC3. The maximum Gasteiger partial charge on any atom is 0.422 e. The van der Waals surface area contributed by atoms with Crippen molar-refractivity contribution in [3.63, 3.8) is 0 Å². The van der Waals surface area contributed by atoms with E-state index < -0.39 is 46.3 Å². The first kappa shape index (κ1) is 20.4. The molecule has 0 saturated heterocycles. The average molecular weight is 429 g/mol. The number of alkyl halides is 3. The van der Waals surface area contributed by atoms with Gasteiger partial charge in [0.1, 0.15) is 11.3 Å². The molecule has 2 nitrogen and oxygen atoms in total. The molecule has 1 heterocycles. The highest BCUT2D eigenvalue weighted by Gasteiger charge is 2.43. The van der Waals surface area contributed by atoms with Gasteiger partial charge in [0, 0.05) is 5.69 Å². The van der Waals surface area contributed by atoms with Crippen molar-refractivity contribution in [2.75, 3.05) is 0 Å². The van der Waals surface area contributed by atoms with Crippen LogP contribution in [0.15, 0.2) is 23.0 Å². The van der Waals surface area contributed by atoms with Crippen molar-refractivity contribution in [1.29, 1.82) is 0 Å². The number of aromatic nitrogens is 1. The van der Waals surface area contributed by atoms with E-state index in [1.807, 2.05) is 0 Å². The van der Waals surface area contributed by atoms with Crippen LogP contribution in [-0.4, -0.2) is 4.57 Å². The molecular formula is C21H14F7NO. The molecule has 1 aliphatic carbocycles. The highest BCUT2D eigenvalue weighted by molar-refractivity contribution is 5.89. The number of aryl methyl sites for hydroxylation is 2. The molecule has 0 bridgehead atoms. The minimum absolute atomic E-state index is 0.0951. The molecule has 0 fully saturated rings. The monoisotopic (exact) mass is 429 g/mol. The number of hydrogen-bond donors (Lipinski definition) is 0. The van der Waals surface area contributed by atoms with E-state index >= 15 is 0 Å². The molecule has 0 saturated carbocycles. The third-order valence-electron chi connectivity index (χ3n) is 5.47. The summed E-state index contributed by atoms with van der Waals surface area (Å²) in [4.78, 5) is 13.2. The number of halogens is 7. The predicted molar refractivity (Wildman–Crippen MR) is 95.8 cm³/mol. The van der Waals surface area contributed by atoms with Crippen molar-refractivity contribution < 1.29 is 30.7 Å². The maximum absolute atomic E-state index is 14.7. The minimum Gasteiger partial charge on any atom is -0.274 e. The van der Waals surface area contributed by atoms with Crippen LogP contribution >= 0.6 is 0 Å². The lowest BCUT2D eigenvalue weighted by atomic mass is 9.90. The van der Waals surface area contributed by atoms with Crippen molar-refractivity contribution in [1.82, 2.24) is 4.57 Å². The summed E-state index contributed by atoms with van der Waals surface area (Å²) in [5.74, 6) is -9.69. The summed E-state index contributed by atoms with van der Waals surface area (Å²) in [5.41, 5.74) is -3.89. The van der Waals surface area contributed by atoms with E-state index in [4.69, 9.17) is 0 Å². The van der Waals surface area contributed by atoms with Crippen LogP contribution in [0.5, 0.6) is 0 Å². The van der Waals surface area contributed by atoms with Gasteiger partial charge in [0.15, 0.2) is 23.3 Å². The Bertz CT molecular complexity index is 1230. The molecule has 0 spiro atoms. The summed E-state index contributed by atoms with van der Waals surface area (Å²) >= 11 is 0. The summed E-state index contributed by atoms with van der Waals surface area (Å²) in [5, 5.41) is 0.650. The molecule has 3 aromatic rings. The fourth-order valence-electron chi connectivity index (χ4n) is 4.17. The van der Waals surface area contributed by atoms with E-state index in [9.17, 15) is 35.5 Å². The Labute approximate surface area is 165 Å². The van der Waals surface area contributed by atoms with Crippen LogP contribution in [0.3, 0.4) is 0 Å². The standard InChI is InChI=1S/C21H14F7NO/c1-9-5-4-7-11-10-6-2-3-8-12(10)29(20(30)13(9)11)19-17(24)15(22)14(21(26,27)28)16(23)18(19)25/h4-5,7H,2-3,6,8H2,1H3. The third kappa shape index (κ3) is 2.82. The first-order valence-corrected chi connectivity index (χ1v) is 9.15. The minimum atomic E-state index is -5.65. The molecule has 0 N–H and O–H groups in total. The number of rotatable bonds is 1. The smallest absolute Gasteiger partial charge is 0.274 e. The Hall–Kier alpha value is -2.84. The van der Waals surface area contributed by atoms with Gasteiger partial charge in [0.2, 0.25) is 0 Å². The van der Waals surface area contributed by atoms with E-state index in [2.05, 4.69) is 0 Å². The molecule has 0 unspecified atom stereocenters. The van der Waals surface area contributed by atoms with Gasteiger partial charge in [-0.3, -0.25) is 9.36 Å². The molecule has 0 aliphatic heterocycles. The Balaban J connectivity index is 2.21. The van der Waals surface area contributed by atoms with E-state index in [1.54, 1.807) is 25.1 Å². The number of benzene rings is 2. The van der Waals surface area contributed by atoms with Gasteiger partial charge in [-0.2, -0.15) is 13.2 Å². The van der Waals surface area contributed by atoms with Crippen LogP contribution in [-0.2, 0) is 19.0 Å². The summed E-state index contributed by atoms with van der Waals surface area (Å²) in [6, 6.07) is 4.96. The van der Waals surface area contributed by atoms with E-state index in [0.717, 1.165) is 6.42 Å². The lowest BCUT2D eigenvalue weighted by Crippen LogP contribution is -2.29. The second-order valence-corrected chi connectivity index (χ2v) is 7.25. The Kier molecular flexibility index (Phi) is 4.67. The van der Waals surface area contributed by atoms with Gasteiger partial charge in [-0.25, -0.2) is 17.6 Å². The summed E-state index contributed by atoms with van der Waals surface area (Å²) < 4.78 is 97.2. The zero-order valence-corrected chi connectivity index (χ0v) is 15.6. The largest absolute Gasteiger partial charge is 0.422 e. The number of nitrogens with zero attached hydrogens (tertiary/aromatic N) is 1. The van der Waals surface area contributed by atoms with Gasteiger partial charge >= 0.3 is 6.18 Å². The zero-order chi connectivity index (χ0) is 22.0. The average Bonchev–Trinajstić information content (AvgIpc) is 2.68. The molecule has 0 atom stereocenters. The Morgan fingerprint density at radius 2 is 1.50 bits per heavy atom. The van der Waals surface area contributed by atoms with E-state index in [-0.39, 0.29) is 17.5 Å². The summed E-state index contributed by atoms with van der Waals surface area (Å²) in [6.45, 7) is 1.59. The lowest BCUT2D eigenvalue weighted by molar-refractivity contribution is -0.143. The van der Waals surface area contributed by atoms with E-state index in [1.165, 1.54) is 0 Å². The Morgan fingerprint density at radius 1 is 0.900 bits per heavy atom. The third-order valence-corrected chi connectivity index (χ3v) is 5.47. The number of pyridine rings is 1. The molecular weight excluding hydrogens is 415 g/mol. The van der Waals surface area contributed by atoms with Crippen LogP contribution in [0.2, 0.25) is 0 Å². The fraction of sp³-hybridized carbons (Fsp3) is 0.286. The summed E-state index contributed by atoms with van der Waals surface area (Å²) in [6.07, 6.45) is -3.77. The first-order chi connectivity index (χ1) is 14.1. The second-order valence-electron chi connectivity index (χ2n) is 7.25. The number of fused-ring (bicyclic) bond motifs is 3. The highest BCUT2D eigenvalue weighted by atomic mass is 19.4. The van der Waals surface area contributed by atoms with Crippen LogP contribution < -0.4 is 5.56 Å². The van der Waals surface area contributed by atoms with Gasteiger partial charge in [-0.15, -0.1) is 0 Å². The number of hydrogen-bond acceptors (Lipinski definition) is 1. The van der Waals surface area contributed by atoms with Crippen LogP contribution in [0.25, 0.3) is 16.5 Å². The molecule has 1 aromatic heterocycles. The van der Waals surface area contributed by atoms with Crippen molar-refractivity contribution in [3.8, 4) is 5.69 Å². The molecule has 4 rings (SSSR count). The molecule has 1 aliphatic rings. The normalized spacial score (nSPS) is 14.3. The fourth-order valence-corrected chi connectivity index (χ4v) is 4.17. The van der Waals surface area contributed by atoms with Crippen LogP contribution in [0.4, 0.5) is 30.7 Å². The lowest BCUT2D eigenvalue weighted by Gasteiger charge is -2.25. The summed E-state index contributed by atoms with van der Waals surface area (Å²) in [7, 11) is 0. The topological polar surface area (TPSA) is 22.0 Å². The van der Waals surface area contributed by atoms with Gasteiger partial charge in [-0.1, -0.05) is 18.2 Å². The molecule has 9 heteroatoms. The maximum atomic E-state index is 14.7. The molecule has 0 radical (unpaired) electrons. The van der Waals surface area contributed by atoms with Gasteiger partial charge in [0.05, 0.1) is 5.39 Å². The quantitative estimate of drug-likeness (QED) is 0.357. The van der Waals surface area contributed by atoms with E-state index in [0.29, 0.717) is 33.9 Å². The van der Waals surface area contributed by atoms with Gasteiger partial charge in [0.25, 0.3) is 5.56 Å². The predicted octanol–water partition coefficient (Wildman–Crippen LogP) is 5.75. The van der Waals surface area contributed by atoms with Crippen molar-refractivity contribution in [3.05, 3.63) is 74.2 Å². The molecule has 2 aromatic carbocycles. The van der Waals surface area contributed by atoms with Gasteiger partial charge in [-0.05, 0) is 49.1 Å². The first-order valence-electron chi connectivity index (χ1n) is 9.15.